The predicted octanol–water partition coefficient (Wildman–Crippen LogP) is 6.60. The maximum Gasteiger partial charge on any atom is 0.319 e. The van der Waals surface area contributed by atoms with E-state index < -0.39 is 23.3 Å². The number of halogens is 4. The number of aromatic nitrogens is 2. The van der Waals surface area contributed by atoms with E-state index in [9.17, 15) is 19.3 Å². The number of nitrogens with two attached hydrogens (primary N) is 1. The van der Waals surface area contributed by atoms with E-state index in [4.69, 9.17) is 31.8 Å². The second-order valence-electron chi connectivity index (χ2n) is 13.0. The number of ether oxygens (including phenoxy) is 2. The molecule has 14 heteroatoms. The summed E-state index contributed by atoms with van der Waals surface area (Å²) in [6.45, 7) is 3.86. The van der Waals surface area contributed by atoms with Crippen molar-refractivity contribution in [2.75, 3.05) is 43.5 Å². The highest BCUT2D eigenvalue weighted by Crippen LogP contribution is 2.52. The van der Waals surface area contributed by atoms with Gasteiger partial charge >= 0.3 is 6.01 Å². The van der Waals surface area contributed by atoms with Crippen molar-refractivity contribution in [3.05, 3.63) is 34.4 Å². The fourth-order valence-electron chi connectivity index (χ4n) is 7.66. The Labute approximate surface area is 277 Å². The van der Waals surface area contributed by atoms with E-state index in [0.29, 0.717) is 25.3 Å². The van der Waals surface area contributed by atoms with Crippen LogP contribution in [-0.4, -0.2) is 65.5 Å². The van der Waals surface area contributed by atoms with Crippen LogP contribution in [0.2, 0.25) is 5.02 Å². The number of nitriles is 2. The van der Waals surface area contributed by atoms with E-state index in [2.05, 4.69) is 16.0 Å². The second kappa shape index (κ2) is 11.0. The maximum absolute atomic E-state index is 17.1. The lowest BCUT2D eigenvalue weighted by Gasteiger charge is -2.31. The standard InChI is InChI=1S/C33H29ClF3N7O2S/c1-15-13-45-28-24-27(26(37)23(25(28)34)19-3-4-21(36)29-22(19)20(10-39)30(40)47-29)41-32(42-31(24)44(15)11-17-7-16(17)9-38)46-14-33-5-2-6-43(33)12-18(35)8-33/h3-4,15-18H,2,5-8,11-14,40H2,1H3/t15-,16?,17?,18+,33-/m0/s1. The molecule has 8 rings (SSSR count). The highest BCUT2D eigenvalue weighted by Gasteiger charge is 2.49. The van der Waals surface area contributed by atoms with E-state index in [-0.39, 0.29) is 90.6 Å². The highest BCUT2D eigenvalue weighted by molar-refractivity contribution is 7.23. The smallest absolute Gasteiger partial charge is 0.319 e. The van der Waals surface area contributed by atoms with Crippen molar-refractivity contribution < 1.29 is 22.6 Å². The quantitative estimate of drug-likeness (QED) is 0.240. The first kappa shape index (κ1) is 30.3. The first-order valence-electron chi connectivity index (χ1n) is 15.6. The molecule has 1 saturated carbocycles. The Morgan fingerprint density at radius 1 is 1.26 bits per heavy atom. The zero-order valence-corrected chi connectivity index (χ0v) is 26.9. The summed E-state index contributed by atoms with van der Waals surface area (Å²) < 4.78 is 59.2. The van der Waals surface area contributed by atoms with Gasteiger partial charge in [-0.1, -0.05) is 17.7 Å². The van der Waals surface area contributed by atoms with Crippen LogP contribution in [0.25, 0.3) is 32.1 Å². The Morgan fingerprint density at radius 2 is 2.09 bits per heavy atom. The topological polar surface area (TPSA) is 124 Å². The highest BCUT2D eigenvalue weighted by atomic mass is 35.5. The van der Waals surface area contributed by atoms with Gasteiger partial charge in [0.05, 0.1) is 44.2 Å². The van der Waals surface area contributed by atoms with Gasteiger partial charge in [-0.05, 0) is 50.3 Å². The molecule has 2 aromatic heterocycles. The molecule has 2 saturated heterocycles. The van der Waals surface area contributed by atoms with Gasteiger partial charge in [-0.15, -0.1) is 11.3 Å². The van der Waals surface area contributed by atoms with Crippen LogP contribution in [0.5, 0.6) is 11.8 Å². The van der Waals surface area contributed by atoms with Crippen LogP contribution in [0.15, 0.2) is 12.1 Å². The van der Waals surface area contributed by atoms with Crippen molar-refractivity contribution in [3.63, 3.8) is 0 Å². The summed E-state index contributed by atoms with van der Waals surface area (Å²) in [5, 5.41) is 19.8. The molecule has 0 spiro atoms. The minimum atomic E-state index is -0.956. The maximum atomic E-state index is 17.1. The third-order valence-corrected chi connectivity index (χ3v) is 11.6. The van der Waals surface area contributed by atoms with Crippen LogP contribution in [-0.2, 0) is 0 Å². The molecule has 1 aliphatic carbocycles. The summed E-state index contributed by atoms with van der Waals surface area (Å²) in [5.74, 6) is -0.899. The van der Waals surface area contributed by atoms with E-state index in [1.165, 1.54) is 12.1 Å². The van der Waals surface area contributed by atoms with Gasteiger partial charge in [0.25, 0.3) is 0 Å². The fraction of sp³-hybridized carbons (Fsp3) is 0.455. The monoisotopic (exact) mass is 679 g/mol. The lowest BCUT2D eigenvalue weighted by atomic mass is 9.95. The first-order valence-corrected chi connectivity index (χ1v) is 16.8. The minimum absolute atomic E-state index is 0.0219. The fourth-order valence-corrected chi connectivity index (χ4v) is 8.95. The summed E-state index contributed by atoms with van der Waals surface area (Å²) >= 11 is 7.91. The number of nitrogen functional groups attached to an aromatic ring is 1. The SMILES string of the molecule is C[C@H]1COc2c(Cl)c(-c3ccc(F)c4sc(N)c(C#N)c34)c(F)c3nc(OC[C@@]45CCCN4C[C@H](F)C5)nc(c23)N1CC1CC1C#N. The number of nitrogens with zero attached hydrogens (tertiary/aromatic N) is 6. The number of thiophene rings is 1. The Bertz CT molecular complexity index is 2060. The zero-order chi connectivity index (χ0) is 32.8. The number of hydrogen-bond acceptors (Lipinski definition) is 10. The zero-order valence-electron chi connectivity index (χ0n) is 25.3. The first-order chi connectivity index (χ1) is 22.6. The van der Waals surface area contributed by atoms with Gasteiger partial charge in [0.15, 0.2) is 11.6 Å². The third kappa shape index (κ3) is 4.66. The van der Waals surface area contributed by atoms with Crippen molar-refractivity contribution in [1.82, 2.24) is 14.9 Å². The van der Waals surface area contributed by atoms with Crippen molar-refractivity contribution in [3.8, 4) is 35.0 Å². The third-order valence-electron chi connectivity index (χ3n) is 10.2. The molecule has 2 N–H and O–H groups in total. The van der Waals surface area contributed by atoms with Crippen LogP contribution >= 0.6 is 22.9 Å². The number of anilines is 2. The van der Waals surface area contributed by atoms with Crippen LogP contribution in [0.4, 0.5) is 24.0 Å². The number of hydrogen-bond donors (Lipinski definition) is 1. The Balaban J connectivity index is 1.34. The van der Waals surface area contributed by atoms with Gasteiger partial charge in [0, 0.05) is 30.5 Å². The largest absolute Gasteiger partial charge is 0.489 e. The molecule has 5 heterocycles. The summed E-state index contributed by atoms with van der Waals surface area (Å²) in [4.78, 5) is 13.5. The average Bonchev–Trinajstić information content (AvgIpc) is 3.46. The number of rotatable bonds is 6. The summed E-state index contributed by atoms with van der Waals surface area (Å²) in [5.41, 5.74) is 5.55. The van der Waals surface area contributed by atoms with Gasteiger partial charge in [-0.2, -0.15) is 20.5 Å². The molecular weight excluding hydrogens is 651 g/mol. The number of benzene rings is 2. The molecule has 0 amide bonds. The molecular formula is C33H29ClF3N7O2S. The Morgan fingerprint density at radius 3 is 2.85 bits per heavy atom. The van der Waals surface area contributed by atoms with Gasteiger partial charge in [-0.25, -0.2) is 13.2 Å². The van der Waals surface area contributed by atoms with Gasteiger partial charge in [0.2, 0.25) is 0 Å². The van der Waals surface area contributed by atoms with Crippen molar-refractivity contribution in [2.24, 2.45) is 11.8 Å². The normalized spacial score (nSPS) is 26.6. The predicted molar refractivity (Wildman–Crippen MR) is 172 cm³/mol. The van der Waals surface area contributed by atoms with Crippen molar-refractivity contribution in [1.29, 1.82) is 10.5 Å². The van der Waals surface area contributed by atoms with Crippen LogP contribution in [0, 0.1) is 46.1 Å². The molecule has 242 valence electrons. The Hall–Kier alpha value is -4.04. The lowest BCUT2D eigenvalue weighted by molar-refractivity contribution is 0.107. The van der Waals surface area contributed by atoms with Crippen molar-refractivity contribution in [2.45, 2.75) is 50.4 Å². The van der Waals surface area contributed by atoms with Gasteiger partial charge < -0.3 is 20.1 Å². The number of alkyl halides is 1. The number of fused-ring (bicyclic) bond motifs is 2. The second-order valence-corrected chi connectivity index (χ2v) is 14.5. The molecule has 4 aromatic rings. The van der Waals surface area contributed by atoms with E-state index in [1.54, 1.807) is 0 Å². The molecule has 3 fully saturated rings. The van der Waals surface area contributed by atoms with Crippen molar-refractivity contribution >= 4 is 54.7 Å². The molecule has 2 unspecified atom stereocenters. The Kier molecular flexibility index (Phi) is 7.10. The molecule has 0 radical (unpaired) electrons. The van der Waals surface area contributed by atoms with Gasteiger partial charge in [0.1, 0.15) is 47.6 Å². The van der Waals surface area contributed by atoms with Crippen LogP contribution in [0.1, 0.15) is 38.2 Å². The summed E-state index contributed by atoms with van der Waals surface area (Å²) in [6, 6.07) is 6.57. The molecule has 2 aromatic carbocycles. The molecule has 5 atom stereocenters. The van der Waals surface area contributed by atoms with Gasteiger partial charge in [-0.3, -0.25) is 4.90 Å². The lowest BCUT2D eigenvalue weighted by Crippen LogP contribution is -2.43. The molecule has 4 aliphatic rings. The summed E-state index contributed by atoms with van der Waals surface area (Å²) in [6.07, 6.45) is 1.82. The molecule has 3 aliphatic heterocycles. The average molecular weight is 680 g/mol. The van der Waals surface area contributed by atoms with E-state index in [1.807, 2.05) is 17.9 Å². The molecule has 9 nitrogen and oxygen atoms in total. The van der Waals surface area contributed by atoms with E-state index >= 15 is 4.39 Å². The van der Waals surface area contributed by atoms with E-state index in [0.717, 1.165) is 37.1 Å². The molecule has 0 bridgehead atoms. The molecule has 47 heavy (non-hydrogen) atoms. The summed E-state index contributed by atoms with van der Waals surface area (Å²) in [7, 11) is 0. The van der Waals surface area contributed by atoms with Crippen LogP contribution < -0.4 is 20.1 Å². The minimum Gasteiger partial charge on any atom is -0.489 e. The van der Waals surface area contributed by atoms with Crippen LogP contribution in [0.3, 0.4) is 0 Å².